The van der Waals surface area contributed by atoms with Crippen molar-refractivity contribution < 1.29 is 27.1 Å². The molecule has 1 aliphatic rings. The van der Waals surface area contributed by atoms with Gasteiger partial charge in [0.25, 0.3) is 21.8 Å². The molecule has 0 spiro atoms. The molecule has 7 nitrogen and oxygen atoms in total. The second-order valence-corrected chi connectivity index (χ2v) is 9.46. The van der Waals surface area contributed by atoms with Crippen LogP contribution >= 0.6 is 0 Å². The van der Waals surface area contributed by atoms with Crippen LogP contribution in [0.4, 0.5) is 10.1 Å². The van der Waals surface area contributed by atoms with Gasteiger partial charge < -0.3 is 10.1 Å². The molecule has 1 N–H and O–H groups in total. The average Bonchev–Trinajstić information content (AvgIpc) is 2.99. The van der Waals surface area contributed by atoms with E-state index in [9.17, 15) is 22.4 Å². The Kier molecular flexibility index (Phi) is 6.21. The zero-order valence-corrected chi connectivity index (χ0v) is 19.2. The van der Waals surface area contributed by atoms with E-state index in [0.29, 0.717) is 22.6 Å². The van der Waals surface area contributed by atoms with Crippen LogP contribution < -0.4 is 10.1 Å². The Labute approximate surface area is 196 Å². The maximum atomic E-state index is 13.3. The summed E-state index contributed by atoms with van der Waals surface area (Å²) in [4.78, 5) is 25.2. The molecule has 2 amide bonds. The fourth-order valence-corrected chi connectivity index (χ4v) is 5.45. The van der Waals surface area contributed by atoms with Gasteiger partial charge in [0.2, 0.25) is 0 Å². The molecule has 4 rings (SSSR count). The van der Waals surface area contributed by atoms with Gasteiger partial charge in [-0.05, 0) is 54.4 Å². The topological polar surface area (TPSA) is 92.8 Å². The van der Waals surface area contributed by atoms with E-state index in [1.54, 1.807) is 48.5 Å². The zero-order valence-electron chi connectivity index (χ0n) is 18.4. The molecule has 0 unspecified atom stereocenters. The average molecular weight is 481 g/mol. The highest BCUT2D eigenvalue weighted by molar-refractivity contribution is 7.99. The number of halogens is 1. The van der Waals surface area contributed by atoms with Gasteiger partial charge in [-0.3, -0.25) is 9.59 Å². The summed E-state index contributed by atoms with van der Waals surface area (Å²) in [5.41, 5.74) is 1.78. The second kappa shape index (κ2) is 9.11. The van der Waals surface area contributed by atoms with Gasteiger partial charge in [0.1, 0.15) is 16.5 Å². The highest BCUT2D eigenvalue weighted by atomic mass is 32.2. The van der Waals surface area contributed by atoms with Gasteiger partial charge in [0.15, 0.2) is 0 Å². The van der Waals surface area contributed by atoms with Crippen molar-refractivity contribution in [1.82, 2.24) is 4.31 Å². The van der Waals surface area contributed by atoms with Crippen LogP contribution in [0.1, 0.15) is 28.4 Å². The first-order valence-corrected chi connectivity index (χ1v) is 11.7. The molecular formula is C25H21FN2O5S. The lowest BCUT2D eigenvalue weighted by Crippen LogP contribution is -2.30. The predicted molar refractivity (Wildman–Crippen MR) is 126 cm³/mol. The van der Waals surface area contributed by atoms with Crippen LogP contribution in [0.15, 0.2) is 78.4 Å². The molecule has 0 bridgehead atoms. The number of anilines is 1. The number of carbonyl (C=O) groups is 2. The van der Waals surface area contributed by atoms with Gasteiger partial charge in [-0.1, -0.05) is 30.3 Å². The summed E-state index contributed by atoms with van der Waals surface area (Å²) in [5.74, 6) is -0.885. The van der Waals surface area contributed by atoms with Gasteiger partial charge >= 0.3 is 0 Å². The fraction of sp³-hybridized carbons (Fsp3) is 0.120. The number of sulfonamides is 1. The minimum atomic E-state index is -4.11. The molecule has 0 fully saturated rings. The highest BCUT2D eigenvalue weighted by Gasteiger charge is 2.42. The summed E-state index contributed by atoms with van der Waals surface area (Å²) in [6.45, 7) is 1.24. The van der Waals surface area contributed by atoms with Crippen molar-refractivity contribution >= 4 is 32.4 Å². The first-order chi connectivity index (χ1) is 16.2. The van der Waals surface area contributed by atoms with Gasteiger partial charge in [-0.25, -0.2) is 17.1 Å². The molecule has 174 valence electrons. The summed E-state index contributed by atoms with van der Waals surface area (Å²) in [7, 11) is -2.58. The molecule has 0 aromatic heterocycles. The maximum absolute atomic E-state index is 13.3. The Bertz CT molecular complexity index is 1400. The van der Waals surface area contributed by atoms with Crippen molar-refractivity contribution in [3.63, 3.8) is 0 Å². The standard InChI is InChI=1S/C25H21FN2O5S/c1-16-23(18-10-12-20(26)13-11-18)34(31,32)28(25(16)30)15-17-6-8-19(9-7-17)24(29)27-21-4-3-5-22(14-21)33-2/h3-14H,15H2,1-2H3,(H,27,29). The lowest BCUT2D eigenvalue weighted by atomic mass is 10.1. The minimum Gasteiger partial charge on any atom is -0.497 e. The number of hydrogen-bond acceptors (Lipinski definition) is 5. The molecule has 0 aliphatic carbocycles. The van der Waals surface area contributed by atoms with Crippen LogP contribution in [-0.4, -0.2) is 31.6 Å². The molecule has 9 heteroatoms. The number of carbonyl (C=O) groups excluding carboxylic acids is 2. The van der Waals surface area contributed by atoms with E-state index in [0.717, 1.165) is 16.4 Å². The molecule has 0 saturated carbocycles. The first kappa shape index (κ1) is 23.2. The Morgan fingerprint density at radius 2 is 1.71 bits per heavy atom. The van der Waals surface area contributed by atoms with Gasteiger partial charge in [0.05, 0.1) is 13.7 Å². The molecule has 3 aromatic carbocycles. The second-order valence-electron chi connectivity index (χ2n) is 7.66. The molecule has 1 heterocycles. The number of ether oxygens (including phenoxy) is 1. The number of methoxy groups -OCH3 is 1. The van der Waals surface area contributed by atoms with Crippen molar-refractivity contribution in [3.8, 4) is 5.75 Å². The van der Waals surface area contributed by atoms with E-state index >= 15 is 0 Å². The summed E-state index contributed by atoms with van der Waals surface area (Å²) < 4.78 is 45.4. The summed E-state index contributed by atoms with van der Waals surface area (Å²) >= 11 is 0. The van der Waals surface area contributed by atoms with Crippen molar-refractivity contribution in [1.29, 1.82) is 0 Å². The summed E-state index contributed by atoms with van der Waals surface area (Å²) in [6.07, 6.45) is 0. The number of benzene rings is 3. The van der Waals surface area contributed by atoms with Gasteiger partial charge in [-0.15, -0.1) is 0 Å². The lowest BCUT2D eigenvalue weighted by Gasteiger charge is -2.17. The largest absolute Gasteiger partial charge is 0.497 e. The van der Waals surface area contributed by atoms with Gasteiger partial charge in [0, 0.05) is 22.9 Å². The number of hydrogen-bond donors (Lipinski definition) is 1. The van der Waals surface area contributed by atoms with Crippen LogP contribution in [0.3, 0.4) is 0 Å². The number of rotatable bonds is 6. The van der Waals surface area contributed by atoms with E-state index in [2.05, 4.69) is 5.32 Å². The van der Waals surface area contributed by atoms with Crippen molar-refractivity contribution in [2.45, 2.75) is 13.5 Å². The van der Waals surface area contributed by atoms with Crippen LogP contribution in [0.25, 0.3) is 4.91 Å². The molecule has 3 aromatic rings. The maximum Gasteiger partial charge on any atom is 0.268 e. The highest BCUT2D eigenvalue weighted by Crippen LogP contribution is 2.36. The molecule has 1 aliphatic heterocycles. The smallest absolute Gasteiger partial charge is 0.268 e. The third-order valence-electron chi connectivity index (χ3n) is 5.41. The monoisotopic (exact) mass is 480 g/mol. The minimum absolute atomic E-state index is 0.0703. The third-order valence-corrected chi connectivity index (χ3v) is 7.35. The van der Waals surface area contributed by atoms with Gasteiger partial charge in [-0.2, -0.15) is 0 Å². The lowest BCUT2D eigenvalue weighted by molar-refractivity contribution is -0.122. The summed E-state index contributed by atoms with van der Waals surface area (Å²) in [5, 5.41) is 2.77. The summed E-state index contributed by atoms with van der Waals surface area (Å²) in [6, 6.07) is 18.2. The Morgan fingerprint density at radius 3 is 2.35 bits per heavy atom. The van der Waals surface area contributed by atoms with E-state index in [1.165, 1.54) is 26.2 Å². The van der Waals surface area contributed by atoms with Crippen molar-refractivity contribution in [3.05, 3.63) is 101 Å². The normalized spacial score (nSPS) is 14.9. The Morgan fingerprint density at radius 1 is 1.03 bits per heavy atom. The van der Waals surface area contributed by atoms with E-state index in [1.807, 2.05) is 0 Å². The van der Waals surface area contributed by atoms with Crippen molar-refractivity contribution in [2.75, 3.05) is 12.4 Å². The van der Waals surface area contributed by atoms with E-state index < -0.39 is 21.7 Å². The third kappa shape index (κ3) is 4.42. The molecular weight excluding hydrogens is 459 g/mol. The number of nitrogens with one attached hydrogen (secondary N) is 1. The quantitative estimate of drug-likeness (QED) is 0.571. The van der Waals surface area contributed by atoms with Crippen LogP contribution in [-0.2, 0) is 21.4 Å². The SMILES string of the molecule is COc1cccc(NC(=O)c2ccc(CN3C(=O)C(C)=C(c4ccc(F)cc4)S3(=O)=O)cc2)c1. The molecule has 0 atom stereocenters. The zero-order chi connectivity index (χ0) is 24.5. The van der Waals surface area contributed by atoms with Crippen LogP contribution in [0.5, 0.6) is 5.75 Å². The number of nitrogens with zero attached hydrogens (tertiary/aromatic N) is 1. The van der Waals surface area contributed by atoms with E-state index in [-0.39, 0.29) is 28.5 Å². The van der Waals surface area contributed by atoms with E-state index in [4.69, 9.17) is 4.74 Å². The molecule has 0 radical (unpaired) electrons. The van der Waals surface area contributed by atoms with Crippen LogP contribution in [0, 0.1) is 5.82 Å². The predicted octanol–water partition coefficient (Wildman–Crippen LogP) is 4.19. The van der Waals surface area contributed by atoms with Crippen molar-refractivity contribution in [2.24, 2.45) is 0 Å². The Hall–Kier alpha value is -3.98. The molecule has 0 saturated heterocycles. The van der Waals surface area contributed by atoms with Crippen LogP contribution in [0.2, 0.25) is 0 Å². The number of amides is 2. The Balaban J connectivity index is 1.50. The fourth-order valence-electron chi connectivity index (χ4n) is 3.65. The molecule has 34 heavy (non-hydrogen) atoms. The first-order valence-electron chi connectivity index (χ1n) is 10.3.